The second-order valence-electron chi connectivity index (χ2n) is 2.72. The third kappa shape index (κ3) is 2.73. The van der Waals surface area contributed by atoms with Crippen LogP contribution in [0.25, 0.3) is 0 Å². The first-order valence-electron chi connectivity index (χ1n) is 3.98. The minimum absolute atomic E-state index is 0.0564. The maximum absolute atomic E-state index is 11.4. The zero-order valence-corrected chi connectivity index (χ0v) is 8.97. The monoisotopic (exact) mass is 220 g/mol. The minimum Gasteiger partial charge on any atom is -0.468 e. The highest BCUT2D eigenvalue weighted by atomic mass is 35.5. The largest absolute Gasteiger partial charge is 0.468 e. The Hall–Kier alpha value is -1.03. The van der Waals surface area contributed by atoms with Crippen LogP contribution in [-0.4, -0.2) is 31.5 Å². The van der Waals surface area contributed by atoms with Gasteiger partial charge in [-0.05, 0) is 6.92 Å². The Morgan fingerprint density at radius 3 is 2.43 bits per heavy atom. The maximum Gasteiger partial charge on any atom is 0.327 e. The fraction of sp³-hybridized carbons (Fsp3) is 0.556. The predicted molar refractivity (Wildman–Crippen MR) is 52.0 cm³/mol. The molecule has 0 N–H and O–H groups in total. The highest BCUT2D eigenvalue weighted by Gasteiger charge is 2.41. The predicted octanol–water partition coefficient (Wildman–Crippen LogP) is 1.13. The lowest BCUT2D eigenvalue weighted by atomic mass is 9.91. The lowest BCUT2D eigenvalue weighted by molar-refractivity contribution is -0.165. The summed E-state index contributed by atoms with van der Waals surface area (Å²) in [6.45, 7) is 4.83. The Kier molecular flexibility index (Phi) is 5.23. The molecule has 1 atom stereocenters. The summed E-state index contributed by atoms with van der Waals surface area (Å²) >= 11 is 5.33. The van der Waals surface area contributed by atoms with E-state index in [2.05, 4.69) is 11.3 Å². The van der Waals surface area contributed by atoms with Gasteiger partial charge in [0.05, 0.1) is 13.0 Å². The van der Waals surface area contributed by atoms with Crippen molar-refractivity contribution in [2.45, 2.75) is 6.92 Å². The normalized spacial score (nSPS) is 13.9. The van der Waals surface area contributed by atoms with Crippen molar-refractivity contribution in [2.24, 2.45) is 5.41 Å². The van der Waals surface area contributed by atoms with E-state index in [1.807, 2.05) is 0 Å². The van der Waals surface area contributed by atoms with Crippen LogP contribution in [0.2, 0.25) is 0 Å². The summed E-state index contributed by atoms with van der Waals surface area (Å²) in [6, 6.07) is 0. The van der Waals surface area contributed by atoms with E-state index in [9.17, 15) is 9.59 Å². The molecule has 80 valence electrons. The Bertz CT molecular complexity index is 239. The Morgan fingerprint density at radius 1 is 1.50 bits per heavy atom. The highest BCUT2D eigenvalue weighted by Crippen LogP contribution is 2.21. The van der Waals surface area contributed by atoms with Crippen molar-refractivity contribution in [1.82, 2.24) is 0 Å². The molecule has 0 aromatic rings. The molecule has 0 aliphatic heterocycles. The molecule has 14 heavy (non-hydrogen) atoms. The first kappa shape index (κ1) is 13.0. The van der Waals surface area contributed by atoms with E-state index in [1.54, 1.807) is 0 Å². The minimum atomic E-state index is -1.46. The van der Waals surface area contributed by atoms with Crippen LogP contribution in [0.1, 0.15) is 6.92 Å². The van der Waals surface area contributed by atoms with Gasteiger partial charge in [-0.3, -0.25) is 9.59 Å². The molecule has 0 bridgehead atoms. The topological polar surface area (TPSA) is 52.6 Å². The first-order chi connectivity index (χ1) is 6.52. The molecule has 0 heterocycles. The maximum atomic E-state index is 11.4. The van der Waals surface area contributed by atoms with Crippen molar-refractivity contribution in [3.8, 4) is 0 Å². The van der Waals surface area contributed by atoms with Gasteiger partial charge in [0.1, 0.15) is 6.61 Å². The summed E-state index contributed by atoms with van der Waals surface area (Å²) in [6.07, 6.45) is 1.19. The van der Waals surface area contributed by atoms with Gasteiger partial charge in [-0.25, -0.2) is 0 Å². The van der Waals surface area contributed by atoms with Gasteiger partial charge in [0.2, 0.25) is 0 Å². The number of alkyl halides is 1. The molecule has 0 amide bonds. The standard InChI is InChI=1S/C9H13ClO4/c1-4-9(2,7(11)13-3)8(12)14-6-5-10/h4H,1,5-6H2,2-3H3. The van der Waals surface area contributed by atoms with Gasteiger partial charge in [0.15, 0.2) is 5.41 Å². The molecule has 1 unspecified atom stereocenters. The average molecular weight is 221 g/mol. The number of rotatable bonds is 5. The zero-order valence-electron chi connectivity index (χ0n) is 8.21. The molecular formula is C9H13ClO4. The van der Waals surface area contributed by atoms with Crippen LogP contribution in [0.4, 0.5) is 0 Å². The summed E-state index contributed by atoms with van der Waals surface area (Å²) in [4.78, 5) is 22.6. The van der Waals surface area contributed by atoms with Crippen LogP contribution < -0.4 is 0 Å². The molecule has 0 radical (unpaired) electrons. The average Bonchev–Trinajstić information content (AvgIpc) is 2.23. The number of halogens is 1. The molecule has 0 fully saturated rings. The number of carbonyl (C=O) groups excluding carboxylic acids is 2. The van der Waals surface area contributed by atoms with Crippen molar-refractivity contribution >= 4 is 23.5 Å². The third-order valence-electron chi connectivity index (χ3n) is 1.75. The van der Waals surface area contributed by atoms with E-state index in [-0.39, 0.29) is 12.5 Å². The molecular weight excluding hydrogens is 208 g/mol. The Morgan fingerprint density at radius 2 is 2.07 bits per heavy atom. The molecule has 0 saturated carbocycles. The fourth-order valence-electron chi connectivity index (χ4n) is 0.743. The van der Waals surface area contributed by atoms with Gasteiger partial charge in [0.25, 0.3) is 0 Å². The third-order valence-corrected chi connectivity index (χ3v) is 1.91. The summed E-state index contributed by atoms with van der Waals surface area (Å²) in [5.74, 6) is -1.23. The van der Waals surface area contributed by atoms with Gasteiger partial charge in [0, 0.05) is 0 Å². The fourth-order valence-corrected chi connectivity index (χ4v) is 0.820. The van der Waals surface area contributed by atoms with Crippen molar-refractivity contribution in [3.05, 3.63) is 12.7 Å². The molecule has 0 rings (SSSR count). The van der Waals surface area contributed by atoms with E-state index in [4.69, 9.17) is 16.3 Å². The Labute approximate surface area is 87.8 Å². The number of ether oxygens (including phenoxy) is 2. The van der Waals surface area contributed by atoms with Crippen LogP contribution in [0.3, 0.4) is 0 Å². The lowest BCUT2D eigenvalue weighted by Crippen LogP contribution is -2.37. The van der Waals surface area contributed by atoms with Crippen LogP contribution in [0.5, 0.6) is 0 Å². The van der Waals surface area contributed by atoms with Crippen molar-refractivity contribution in [3.63, 3.8) is 0 Å². The van der Waals surface area contributed by atoms with Gasteiger partial charge >= 0.3 is 11.9 Å². The van der Waals surface area contributed by atoms with Crippen LogP contribution in [-0.2, 0) is 19.1 Å². The second kappa shape index (κ2) is 5.65. The van der Waals surface area contributed by atoms with Crippen molar-refractivity contribution < 1.29 is 19.1 Å². The SMILES string of the molecule is C=CC(C)(C(=O)OC)C(=O)OCCCl. The van der Waals surface area contributed by atoms with Crippen LogP contribution in [0, 0.1) is 5.41 Å². The number of hydrogen-bond acceptors (Lipinski definition) is 4. The van der Waals surface area contributed by atoms with E-state index < -0.39 is 17.4 Å². The number of esters is 2. The smallest absolute Gasteiger partial charge is 0.327 e. The first-order valence-corrected chi connectivity index (χ1v) is 4.51. The molecule has 0 saturated heterocycles. The van der Waals surface area contributed by atoms with Crippen molar-refractivity contribution in [1.29, 1.82) is 0 Å². The molecule has 5 heteroatoms. The molecule has 0 aliphatic rings. The molecule has 0 spiro atoms. The van der Waals surface area contributed by atoms with Gasteiger partial charge in [-0.1, -0.05) is 6.08 Å². The quantitative estimate of drug-likeness (QED) is 0.302. The van der Waals surface area contributed by atoms with E-state index >= 15 is 0 Å². The number of methoxy groups -OCH3 is 1. The van der Waals surface area contributed by atoms with Gasteiger partial charge in [-0.2, -0.15) is 0 Å². The zero-order chi connectivity index (χ0) is 11.2. The van der Waals surface area contributed by atoms with Crippen LogP contribution >= 0.6 is 11.6 Å². The van der Waals surface area contributed by atoms with Crippen molar-refractivity contribution in [2.75, 3.05) is 19.6 Å². The van der Waals surface area contributed by atoms with Crippen LogP contribution in [0.15, 0.2) is 12.7 Å². The van der Waals surface area contributed by atoms with E-state index in [0.29, 0.717) is 0 Å². The molecule has 0 aromatic heterocycles. The van der Waals surface area contributed by atoms with E-state index in [1.165, 1.54) is 20.1 Å². The number of hydrogen-bond donors (Lipinski definition) is 0. The molecule has 4 nitrogen and oxygen atoms in total. The number of carbonyl (C=O) groups is 2. The van der Waals surface area contributed by atoms with Gasteiger partial charge < -0.3 is 9.47 Å². The second-order valence-corrected chi connectivity index (χ2v) is 3.10. The summed E-state index contributed by atoms with van der Waals surface area (Å²) in [5, 5.41) is 0. The summed E-state index contributed by atoms with van der Waals surface area (Å²) in [5.41, 5.74) is -1.46. The lowest BCUT2D eigenvalue weighted by Gasteiger charge is -2.19. The summed E-state index contributed by atoms with van der Waals surface area (Å²) in [7, 11) is 1.19. The van der Waals surface area contributed by atoms with Gasteiger partial charge in [-0.15, -0.1) is 18.2 Å². The molecule has 0 aliphatic carbocycles. The molecule has 0 aromatic carbocycles. The summed E-state index contributed by atoms with van der Waals surface area (Å²) < 4.78 is 9.19. The van der Waals surface area contributed by atoms with E-state index in [0.717, 1.165) is 0 Å². The Balaban J connectivity index is 4.59. The highest BCUT2D eigenvalue weighted by molar-refractivity contribution is 6.18.